The SMILES string of the molecule is CC1=CC([Si](C)(C)C)n2cccc21. The fraction of sp³-hybridized carbons (Fsp3) is 0.455. The summed E-state index contributed by atoms with van der Waals surface area (Å²) >= 11 is 0. The maximum atomic E-state index is 2.43. The van der Waals surface area contributed by atoms with Gasteiger partial charge in [-0.1, -0.05) is 25.7 Å². The molecule has 1 nitrogen and oxygen atoms in total. The number of allylic oxidation sites excluding steroid dienone is 2. The summed E-state index contributed by atoms with van der Waals surface area (Å²) in [5.74, 6) is 0. The van der Waals surface area contributed by atoms with E-state index in [1.54, 1.807) is 0 Å². The monoisotopic (exact) mass is 191 g/mol. The van der Waals surface area contributed by atoms with Crippen LogP contribution in [-0.2, 0) is 0 Å². The molecule has 1 aromatic rings. The van der Waals surface area contributed by atoms with Gasteiger partial charge in [-0.05, 0) is 24.6 Å². The van der Waals surface area contributed by atoms with E-state index < -0.39 is 8.07 Å². The van der Waals surface area contributed by atoms with Gasteiger partial charge in [-0.2, -0.15) is 0 Å². The van der Waals surface area contributed by atoms with Crippen LogP contribution in [0.5, 0.6) is 0 Å². The molecule has 0 spiro atoms. The molecule has 1 unspecified atom stereocenters. The van der Waals surface area contributed by atoms with Crippen molar-refractivity contribution < 1.29 is 0 Å². The van der Waals surface area contributed by atoms with E-state index in [4.69, 9.17) is 0 Å². The highest BCUT2D eigenvalue weighted by Gasteiger charge is 2.31. The smallest absolute Gasteiger partial charge is 0.0759 e. The van der Waals surface area contributed by atoms with E-state index in [0.717, 1.165) is 0 Å². The molecular weight excluding hydrogens is 174 g/mol. The molecule has 0 saturated carbocycles. The predicted molar refractivity (Wildman–Crippen MR) is 60.5 cm³/mol. The van der Waals surface area contributed by atoms with Crippen LogP contribution in [0, 0.1) is 0 Å². The third-order valence-electron chi connectivity index (χ3n) is 2.78. The van der Waals surface area contributed by atoms with Gasteiger partial charge >= 0.3 is 0 Å². The highest BCUT2D eigenvalue weighted by atomic mass is 28.3. The lowest BCUT2D eigenvalue weighted by Gasteiger charge is -2.25. The van der Waals surface area contributed by atoms with E-state index in [0.29, 0.717) is 5.67 Å². The summed E-state index contributed by atoms with van der Waals surface area (Å²) in [5, 5.41) is 0. The Morgan fingerprint density at radius 3 is 2.62 bits per heavy atom. The van der Waals surface area contributed by atoms with Gasteiger partial charge in [0.2, 0.25) is 0 Å². The minimum Gasteiger partial charge on any atom is -0.344 e. The second-order valence-corrected chi connectivity index (χ2v) is 10.3. The molecule has 2 rings (SSSR count). The zero-order chi connectivity index (χ0) is 9.64. The van der Waals surface area contributed by atoms with Gasteiger partial charge in [0, 0.05) is 17.6 Å². The standard InChI is InChI=1S/C11H17NSi/c1-9-8-11(13(2,3)4)12-7-5-6-10(9)12/h5-8,11H,1-4H3. The van der Waals surface area contributed by atoms with Crippen molar-refractivity contribution in [2.45, 2.75) is 32.2 Å². The zero-order valence-corrected chi connectivity index (χ0v) is 9.83. The van der Waals surface area contributed by atoms with Crippen LogP contribution < -0.4 is 0 Å². The van der Waals surface area contributed by atoms with Crippen molar-refractivity contribution in [2.75, 3.05) is 0 Å². The van der Waals surface area contributed by atoms with Gasteiger partial charge in [-0.25, -0.2) is 0 Å². The lowest BCUT2D eigenvalue weighted by atomic mass is 10.2. The van der Waals surface area contributed by atoms with E-state index >= 15 is 0 Å². The first kappa shape index (κ1) is 8.82. The van der Waals surface area contributed by atoms with Crippen molar-refractivity contribution in [1.82, 2.24) is 4.57 Å². The highest BCUT2D eigenvalue weighted by Crippen LogP contribution is 2.35. The normalized spacial score (nSPS) is 21.5. The fourth-order valence-corrected chi connectivity index (χ4v) is 3.85. The van der Waals surface area contributed by atoms with Gasteiger partial charge in [-0.15, -0.1) is 0 Å². The van der Waals surface area contributed by atoms with Gasteiger partial charge in [-0.3, -0.25) is 0 Å². The number of fused-ring (bicyclic) bond motifs is 1. The average molecular weight is 191 g/mol. The quantitative estimate of drug-likeness (QED) is 0.600. The third-order valence-corrected chi connectivity index (χ3v) is 5.00. The van der Waals surface area contributed by atoms with Crippen LogP contribution in [0.25, 0.3) is 5.57 Å². The van der Waals surface area contributed by atoms with Crippen LogP contribution in [-0.4, -0.2) is 12.6 Å². The van der Waals surface area contributed by atoms with Crippen molar-refractivity contribution in [3.63, 3.8) is 0 Å². The van der Waals surface area contributed by atoms with Crippen molar-refractivity contribution in [3.8, 4) is 0 Å². The van der Waals surface area contributed by atoms with Crippen LogP contribution >= 0.6 is 0 Å². The molecule has 2 heteroatoms. The number of hydrogen-bond donors (Lipinski definition) is 0. The maximum absolute atomic E-state index is 2.43. The first-order chi connectivity index (χ1) is 6.00. The van der Waals surface area contributed by atoms with Crippen LogP contribution in [0.3, 0.4) is 0 Å². The van der Waals surface area contributed by atoms with E-state index in [9.17, 15) is 0 Å². The topological polar surface area (TPSA) is 4.93 Å². The first-order valence-corrected chi connectivity index (χ1v) is 8.43. The molecule has 1 aromatic heterocycles. The Kier molecular flexibility index (Phi) is 1.77. The van der Waals surface area contributed by atoms with Crippen molar-refractivity contribution in [3.05, 3.63) is 30.1 Å². The van der Waals surface area contributed by atoms with Crippen LogP contribution in [0.1, 0.15) is 18.3 Å². The Bertz CT molecular complexity index is 354. The second-order valence-electron chi connectivity index (χ2n) is 4.96. The molecule has 0 N–H and O–H groups in total. The van der Waals surface area contributed by atoms with Gasteiger partial charge in [0.05, 0.1) is 8.07 Å². The molecule has 1 aliphatic heterocycles. The largest absolute Gasteiger partial charge is 0.344 e. The summed E-state index contributed by atoms with van der Waals surface area (Å²) in [5.41, 5.74) is 3.52. The fourth-order valence-electron chi connectivity index (χ4n) is 2.04. The minimum atomic E-state index is -1.09. The number of aromatic nitrogens is 1. The molecule has 0 aromatic carbocycles. The van der Waals surface area contributed by atoms with Crippen molar-refractivity contribution in [1.29, 1.82) is 0 Å². The summed E-state index contributed by atoms with van der Waals surface area (Å²) in [6, 6.07) is 4.37. The molecule has 0 aliphatic carbocycles. The molecule has 70 valence electrons. The van der Waals surface area contributed by atoms with E-state index in [1.807, 2.05) is 0 Å². The van der Waals surface area contributed by atoms with Crippen molar-refractivity contribution in [2.24, 2.45) is 0 Å². The molecule has 0 saturated heterocycles. The Labute approximate surface area is 81.1 Å². The Morgan fingerprint density at radius 2 is 2.00 bits per heavy atom. The molecule has 0 radical (unpaired) electrons. The number of hydrogen-bond acceptors (Lipinski definition) is 0. The molecule has 1 atom stereocenters. The van der Waals surface area contributed by atoms with E-state index in [-0.39, 0.29) is 0 Å². The van der Waals surface area contributed by atoms with Gasteiger partial charge in [0.15, 0.2) is 0 Å². The van der Waals surface area contributed by atoms with Crippen LogP contribution in [0.4, 0.5) is 0 Å². The van der Waals surface area contributed by atoms with Gasteiger partial charge in [0.1, 0.15) is 0 Å². The number of rotatable bonds is 1. The van der Waals surface area contributed by atoms with E-state index in [1.165, 1.54) is 11.3 Å². The highest BCUT2D eigenvalue weighted by molar-refractivity contribution is 6.77. The maximum Gasteiger partial charge on any atom is 0.0759 e. The summed E-state index contributed by atoms with van der Waals surface area (Å²) < 4.78 is 2.43. The molecule has 2 heterocycles. The predicted octanol–water partition coefficient (Wildman–Crippen LogP) is 3.32. The lowest BCUT2D eigenvalue weighted by molar-refractivity contribution is 0.780. The summed E-state index contributed by atoms with van der Waals surface area (Å²) in [4.78, 5) is 0. The Hall–Kier alpha value is -0.763. The third kappa shape index (κ3) is 1.29. The molecule has 0 fully saturated rings. The summed E-state index contributed by atoms with van der Waals surface area (Å²) in [6.45, 7) is 9.50. The van der Waals surface area contributed by atoms with Crippen LogP contribution in [0.2, 0.25) is 19.6 Å². The molecule has 13 heavy (non-hydrogen) atoms. The first-order valence-electron chi connectivity index (χ1n) is 4.86. The van der Waals surface area contributed by atoms with E-state index in [2.05, 4.69) is 55.5 Å². The van der Waals surface area contributed by atoms with Gasteiger partial charge < -0.3 is 4.57 Å². The summed E-state index contributed by atoms with van der Waals surface area (Å²) in [6.07, 6.45) is 4.65. The molecule has 0 bridgehead atoms. The molecule has 1 aliphatic rings. The van der Waals surface area contributed by atoms with Gasteiger partial charge in [0.25, 0.3) is 0 Å². The minimum absolute atomic E-state index is 0.664. The van der Waals surface area contributed by atoms with Crippen molar-refractivity contribution >= 4 is 13.6 Å². The molecular formula is C11H17NSi. The molecule has 0 amide bonds. The number of nitrogens with zero attached hydrogens (tertiary/aromatic N) is 1. The average Bonchev–Trinajstić information content (AvgIpc) is 2.51. The zero-order valence-electron chi connectivity index (χ0n) is 8.83. The van der Waals surface area contributed by atoms with Crippen LogP contribution in [0.15, 0.2) is 24.4 Å². The second kappa shape index (κ2) is 2.61. The lowest BCUT2D eigenvalue weighted by Crippen LogP contribution is -2.32. The summed E-state index contributed by atoms with van der Waals surface area (Å²) in [7, 11) is -1.09. The Morgan fingerprint density at radius 1 is 1.31 bits per heavy atom. The Balaban J connectivity index is 2.48.